The Kier molecular flexibility index (Phi) is 4.77. The van der Waals surface area contributed by atoms with Gasteiger partial charge in [-0.25, -0.2) is 0 Å². The first-order valence-corrected chi connectivity index (χ1v) is 7.22. The van der Waals surface area contributed by atoms with Crippen LogP contribution >= 0.6 is 0 Å². The Morgan fingerprint density at radius 3 is 2.95 bits per heavy atom. The molecular formula is C15H25N3O. The summed E-state index contributed by atoms with van der Waals surface area (Å²) < 4.78 is 0. The third-order valence-electron chi connectivity index (χ3n) is 4.02. The number of aliphatic hydroxyl groups excluding tert-OH is 1. The molecule has 0 radical (unpaired) electrons. The second-order valence-electron chi connectivity index (χ2n) is 5.41. The van der Waals surface area contributed by atoms with Crippen molar-refractivity contribution in [2.75, 3.05) is 18.1 Å². The van der Waals surface area contributed by atoms with Crippen molar-refractivity contribution in [2.24, 2.45) is 5.73 Å². The molecule has 0 aliphatic carbocycles. The van der Waals surface area contributed by atoms with Gasteiger partial charge in [-0.15, -0.1) is 0 Å². The van der Waals surface area contributed by atoms with Gasteiger partial charge < -0.3 is 15.7 Å². The standard InChI is InChI=1S/C15H25N3O/c1-11-9-15(14(10-16)12(2)17-11)18-7-3-5-13(18)6-4-8-19/h9,13,19H,3-8,10,16H2,1-2H3. The fraction of sp³-hybridized carbons (Fsp3) is 0.667. The van der Waals surface area contributed by atoms with Crippen LogP contribution < -0.4 is 10.6 Å². The predicted octanol–water partition coefficient (Wildman–Crippen LogP) is 1.90. The lowest BCUT2D eigenvalue weighted by Gasteiger charge is -2.29. The Morgan fingerprint density at radius 1 is 1.47 bits per heavy atom. The maximum atomic E-state index is 9.02. The molecule has 106 valence electrons. The number of anilines is 1. The van der Waals surface area contributed by atoms with Crippen LogP contribution in [0.5, 0.6) is 0 Å². The maximum absolute atomic E-state index is 9.02. The van der Waals surface area contributed by atoms with Crippen molar-refractivity contribution in [3.05, 3.63) is 23.0 Å². The fourth-order valence-electron chi connectivity index (χ4n) is 3.12. The van der Waals surface area contributed by atoms with Gasteiger partial charge in [0.15, 0.2) is 0 Å². The highest BCUT2D eigenvalue weighted by atomic mass is 16.2. The summed E-state index contributed by atoms with van der Waals surface area (Å²) in [6, 6.07) is 2.70. The number of hydrogen-bond donors (Lipinski definition) is 2. The first-order valence-electron chi connectivity index (χ1n) is 7.22. The van der Waals surface area contributed by atoms with E-state index in [0.717, 1.165) is 30.8 Å². The normalized spacial score (nSPS) is 19.2. The van der Waals surface area contributed by atoms with Gasteiger partial charge in [-0.2, -0.15) is 0 Å². The smallest absolute Gasteiger partial charge is 0.0450 e. The Labute approximate surface area is 115 Å². The zero-order chi connectivity index (χ0) is 13.8. The lowest BCUT2D eigenvalue weighted by molar-refractivity contribution is 0.279. The van der Waals surface area contributed by atoms with Crippen LogP contribution in [0, 0.1) is 13.8 Å². The lowest BCUT2D eigenvalue weighted by atomic mass is 10.1. The first kappa shape index (κ1) is 14.3. The van der Waals surface area contributed by atoms with Crippen LogP contribution in [-0.2, 0) is 6.54 Å². The van der Waals surface area contributed by atoms with Crippen molar-refractivity contribution in [1.29, 1.82) is 0 Å². The zero-order valence-electron chi connectivity index (χ0n) is 12.0. The SMILES string of the molecule is Cc1cc(N2CCCC2CCCO)c(CN)c(C)n1. The summed E-state index contributed by atoms with van der Waals surface area (Å²) in [5.74, 6) is 0. The van der Waals surface area contributed by atoms with Gasteiger partial charge >= 0.3 is 0 Å². The van der Waals surface area contributed by atoms with Crippen LogP contribution in [0.3, 0.4) is 0 Å². The summed E-state index contributed by atoms with van der Waals surface area (Å²) >= 11 is 0. The number of rotatable bonds is 5. The van der Waals surface area contributed by atoms with Crippen LogP contribution in [-0.4, -0.2) is 29.3 Å². The first-order chi connectivity index (χ1) is 9.17. The highest BCUT2D eigenvalue weighted by Gasteiger charge is 2.26. The molecule has 0 spiro atoms. The zero-order valence-corrected chi connectivity index (χ0v) is 12.0. The van der Waals surface area contributed by atoms with Crippen LogP contribution in [0.15, 0.2) is 6.07 Å². The molecule has 4 heteroatoms. The molecule has 0 amide bonds. The van der Waals surface area contributed by atoms with Crippen molar-refractivity contribution in [3.63, 3.8) is 0 Å². The van der Waals surface area contributed by atoms with Crippen LogP contribution in [0.2, 0.25) is 0 Å². The van der Waals surface area contributed by atoms with Gasteiger partial charge in [0.2, 0.25) is 0 Å². The highest BCUT2D eigenvalue weighted by molar-refractivity contribution is 5.57. The van der Waals surface area contributed by atoms with E-state index in [1.54, 1.807) is 0 Å². The van der Waals surface area contributed by atoms with E-state index in [0.29, 0.717) is 12.6 Å². The van der Waals surface area contributed by atoms with Crippen molar-refractivity contribution in [3.8, 4) is 0 Å². The minimum Gasteiger partial charge on any atom is -0.396 e. The second-order valence-corrected chi connectivity index (χ2v) is 5.41. The van der Waals surface area contributed by atoms with Gasteiger partial charge in [-0.3, -0.25) is 4.98 Å². The van der Waals surface area contributed by atoms with Gasteiger partial charge in [0.1, 0.15) is 0 Å². The molecule has 19 heavy (non-hydrogen) atoms. The molecule has 1 fully saturated rings. The Hall–Kier alpha value is -1.13. The molecule has 3 N–H and O–H groups in total. The van der Waals surface area contributed by atoms with E-state index in [4.69, 9.17) is 10.8 Å². The second kappa shape index (κ2) is 6.35. The van der Waals surface area contributed by atoms with E-state index in [1.807, 2.05) is 13.8 Å². The highest BCUT2D eigenvalue weighted by Crippen LogP contribution is 2.32. The molecule has 1 saturated heterocycles. The fourth-order valence-corrected chi connectivity index (χ4v) is 3.12. The van der Waals surface area contributed by atoms with Gasteiger partial charge in [0.05, 0.1) is 0 Å². The topological polar surface area (TPSA) is 62.4 Å². The van der Waals surface area contributed by atoms with E-state index >= 15 is 0 Å². The summed E-state index contributed by atoms with van der Waals surface area (Å²) in [6.07, 6.45) is 4.37. The molecule has 4 nitrogen and oxygen atoms in total. The summed E-state index contributed by atoms with van der Waals surface area (Å²) in [5.41, 5.74) is 10.4. The number of aryl methyl sites for hydroxylation is 2. The molecular weight excluding hydrogens is 238 g/mol. The predicted molar refractivity (Wildman–Crippen MR) is 78.3 cm³/mol. The molecule has 2 heterocycles. The molecule has 2 rings (SSSR count). The Balaban J connectivity index is 2.29. The van der Waals surface area contributed by atoms with Crippen molar-refractivity contribution in [2.45, 2.75) is 52.1 Å². The monoisotopic (exact) mass is 263 g/mol. The minimum absolute atomic E-state index is 0.280. The molecule has 1 unspecified atom stereocenters. The summed E-state index contributed by atoms with van der Waals surface area (Å²) in [4.78, 5) is 6.99. The van der Waals surface area contributed by atoms with Crippen LogP contribution in [0.25, 0.3) is 0 Å². The van der Waals surface area contributed by atoms with Gasteiger partial charge in [-0.05, 0) is 45.6 Å². The van der Waals surface area contributed by atoms with Crippen LogP contribution in [0.1, 0.15) is 42.6 Å². The summed E-state index contributed by atoms with van der Waals surface area (Å²) in [7, 11) is 0. The van der Waals surface area contributed by atoms with Gasteiger partial charge in [0, 0.05) is 48.4 Å². The third-order valence-corrected chi connectivity index (χ3v) is 4.02. The van der Waals surface area contributed by atoms with E-state index in [1.165, 1.54) is 24.1 Å². The number of aliphatic hydroxyl groups is 1. The van der Waals surface area contributed by atoms with Crippen molar-refractivity contribution >= 4 is 5.69 Å². The molecule has 1 aliphatic heterocycles. The molecule has 0 aromatic carbocycles. The van der Waals surface area contributed by atoms with Gasteiger partial charge in [0.25, 0.3) is 0 Å². The van der Waals surface area contributed by atoms with Gasteiger partial charge in [-0.1, -0.05) is 0 Å². The average Bonchev–Trinajstić information content (AvgIpc) is 2.83. The molecule has 1 aliphatic rings. The summed E-state index contributed by atoms with van der Waals surface area (Å²) in [6.45, 7) is 5.99. The molecule has 1 atom stereocenters. The molecule has 1 aromatic heterocycles. The molecule has 0 bridgehead atoms. The number of nitrogens with two attached hydrogens (primary N) is 1. The summed E-state index contributed by atoms with van der Waals surface area (Å²) in [5, 5.41) is 9.02. The van der Waals surface area contributed by atoms with E-state index in [2.05, 4.69) is 16.0 Å². The lowest BCUT2D eigenvalue weighted by Crippen LogP contribution is -2.31. The van der Waals surface area contributed by atoms with E-state index < -0.39 is 0 Å². The Bertz CT molecular complexity index is 434. The number of hydrogen-bond acceptors (Lipinski definition) is 4. The van der Waals surface area contributed by atoms with E-state index in [9.17, 15) is 0 Å². The third kappa shape index (κ3) is 3.07. The van der Waals surface area contributed by atoms with Crippen molar-refractivity contribution < 1.29 is 5.11 Å². The van der Waals surface area contributed by atoms with E-state index in [-0.39, 0.29) is 6.61 Å². The molecule has 0 saturated carbocycles. The van der Waals surface area contributed by atoms with Crippen molar-refractivity contribution in [1.82, 2.24) is 4.98 Å². The maximum Gasteiger partial charge on any atom is 0.0450 e. The largest absolute Gasteiger partial charge is 0.396 e. The minimum atomic E-state index is 0.280. The molecule has 1 aromatic rings. The number of pyridine rings is 1. The number of nitrogens with zero attached hydrogens (tertiary/aromatic N) is 2. The van der Waals surface area contributed by atoms with Crippen LogP contribution in [0.4, 0.5) is 5.69 Å². The quantitative estimate of drug-likeness (QED) is 0.851. The average molecular weight is 263 g/mol. The number of aromatic nitrogens is 1. The Morgan fingerprint density at radius 2 is 2.26 bits per heavy atom.